The van der Waals surface area contributed by atoms with Crippen molar-refractivity contribution in [1.29, 1.82) is 0 Å². The van der Waals surface area contributed by atoms with Gasteiger partial charge in [-0.2, -0.15) is 6.92 Å². The van der Waals surface area contributed by atoms with Gasteiger partial charge in [-0.05, 0) is 94.7 Å². The van der Waals surface area contributed by atoms with E-state index in [4.69, 9.17) is 6.42 Å². The van der Waals surface area contributed by atoms with E-state index in [1.807, 2.05) is 0 Å². The van der Waals surface area contributed by atoms with Crippen molar-refractivity contribution in [2.75, 3.05) is 0 Å². The van der Waals surface area contributed by atoms with Gasteiger partial charge in [-0.15, -0.1) is 12.3 Å². The molecule has 256 valence electrons. The lowest BCUT2D eigenvalue weighted by Crippen LogP contribution is -1.57. The first-order valence-corrected chi connectivity index (χ1v) is 15.6. The Kier molecular flexibility index (Phi) is 37.7. The molecule has 0 fully saturated rings. The van der Waals surface area contributed by atoms with Gasteiger partial charge in [-0.3, -0.25) is 5.92 Å². The maximum atomic E-state index is 4.94. The molecule has 0 aromatic rings. The highest BCUT2D eigenvalue weighted by molar-refractivity contribution is 5.52. The summed E-state index contributed by atoms with van der Waals surface area (Å²) >= 11 is 0. The molecule has 0 spiro atoms. The van der Waals surface area contributed by atoms with E-state index in [-0.39, 0.29) is 0 Å². The Hall–Kier alpha value is -13.8. The summed E-state index contributed by atoms with van der Waals surface area (Å²) in [4.78, 5) is 0. The molecule has 0 rings (SSSR count). The Morgan fingerprint density at radius 3 is 0.286 bits per heavy atom. The minimum atomic E-state index is 2.12. The average molecular weight is 760 g/mol. The maximum absolute atomic E-state index is 4.94. The van der Waals surface area contributed by atoms with Crippen molar-refractivity contribution in [2.45, 2.75) is 0 Å². The molecule has 0 aliphatic heterocycles. The highest BCUT2D eigenvalue weighted by Crippen LogP contribution is 1.63. The van der Waals surface area contributed by atoms with Crippen LogP contribution in [0.4, 0.5) is 0 Å². The van der Waals surface area contributed by atoms with Crippen molar-refractivity contribution in [3.05, 3.63) is 6.92 Å². The second-order valence-corrected chi connectivity index (χ2v) is 7.70. The van der Waals surface area contributed by atoms with Crippen LogP contribution in [-0.2, 0) is 0 Å². The van der Waals surface area contributed by atoms with Crippen LogP contribution in [0, 0.1) is 374 Å². The van der Waals surface area contributed by atoms with Crippen LogP contribution in [0.15, 0.2) is 0 Å². The van der Waals surface area contributed by atoms with Gasteiger partial charge in [0.1, 0.15) is 0 Å². The maximum Gasteiger partial charge on any atom is 0 e. The second-order valence-electron chi connectivity index (χ2n) is 7.70. The van der Waals surface area contributed by atoms with Crippen LogP contribution < -0.4 is 0 Å². The summed E-state index contributed by atoms with van der Waals surface area (Å²) in [6.07, 6.45) is 4.94. The Labute approximate surface area is 372 Å². The van der Waals surface area contributed by atoms with E-state index in [0.717, 1.165) is 0 Å². The molecule has 0 aliphatic carbocycles. The molecule has 0 aromatic heterocycles. The van der Waals surface area contributed by atoms with Gasteiger partial charge in [-0.25, -0.2) is 5.92 Å². The van der Waals surface area contributed by atoms with Gasteiger partial charge in [0.25, 0.3) is 0 Å². The quantitative estimate of drug-likeness (QED) is 0.251. The first-order chi connectivity index (χ1) is 31.4. The number of terminal acetylenes is 1. The molecule has 0 aliphatic rings. The summed E-state index contributed by atoms with van der Waals surface area (Å²) in [5.74, 6) is 151. The summed E-state index contributed by atoms with van der Waals surface area (Å²) in [5, 5.41) is 0. The Morgan fingerprint density at radius 2 is 0.206 bits per heavy atom. The Balaban J connectivity index is 4.59. The van der Waals surface area contributed by atoms with Gasteiger partial charge in [0, 0.05) is 249 Å². The molecular weight excluding hydrogens is 757 g/mol. The third kappa shape index (κ3) is 48.2. The SMILES string of the molecule is C#CC#CC#CC#CC#CC#CC#CC#CC#CC#CC#CC#CC#CC#CC#CC#CC#CC#CC#CC#CC#CC#CC#CC#CC#CC#CC#CC#CC#CC#CC#C[CH2-]. The minimum absolute atomic E-state index is 2.12. The average Bonchev–Trinajstić information content (AvgIpc) is 3.29. The van der Waals surface area contributed by atoms with Gasteiger partial charge < -0.3 is 0 Å². The van der Waals surface area contributed by atoms with Crippen LogP contribution in [0.1, 0.15) is 0 Å². The predicted molar refractivity (Wildman–Crippen MR) is 247 cm³/mol. The normalized spacial score (nSPS) is 3.92. The highest BCUT2D eigenvalue weighted by atomic mass is 13.6. The molecular formula is C63H3-. The van der Waals surface area contributed by atoms with Crippen molar-refractivity contribution in [2.24, 2.45) is 0 Å². The monoisotopic (exact) mass is 759 g/mol. The summed E-state index contributed by atoms with van der Waals surface area (Å²) < 4.78 is 0. The van der Waals surface area contributed by atoms with E-state index in [0.29, 0.717) is 0 Å². The van der Waals surface area contributed by atoms with Crippen LogP contribution in [0.2, 0.25) is 0 Å². The molecule has 63 heavy (non-hydrogen) atoms. The second kappa shape index (κ2) is 48.2. The summed E-state index contributed by atoms with van der Waals surface area (Å²) in [6, 6.07) is 0. The molecule has 0 saturated carbocycles. The van der Waals surface area contributed by atoms with Crippen molar-refractivity contribution in [3.8, 4) is 368 Å². The van der Waals surface area contributed by atoms with Crippen molar-refractivity contribution in [1.82, 2.24) is 0 Å². The third-order valence-corrected chi connectivity index (χ3v) is 3.79. The first-order valence-electron chi connectivity index (χ1n) is 15.6. The zero-order valence-corrected chi connectivity index (χ0v) is 31.8. The van der Waals surface area contributed by atoms with Crippen molar-refractivity contribution in [3.63, 3.8) is 0 Å². The summed E-state index contributed by atoms with van der Waals surface area (Å²) in [7, 11) is 0. The molecule has 0 heterocycles. The topological polar surface area (TPSA) is 0 Å². The lowest BCUT2D eigenvalue weighted by Gasteiger charge is -1.64. The molecule has 0 saturated heterocycles. The van der Waals surface area contributed by atoms with Gasteiger partial charge in [0.05, 0.1) is 0 Å². The fraction of sp³-hybridized carbons (Fsp3) is 0. The summed E-state index contributed by atoms with van der Waals surface area (Å²) in [6.45, 7) is 3.31. The molecule has 0 N–H and O–H groups in total. The predicted octanol–water partition coefficient (Wildman–Crippen LogP) is 0.556. The third-order valence-electron chi connectivity index (χ3n) is 3.79. The van der Waals surface area contributed by atoms with Crippen LogP contribution >= 0.6 is 0 Å². The first kappa shape index (κ1) is 49.2. The van der Waals surface area contributed by atoms with E-state index in [9.17, 15) is 0 Å². The molecule has 0 nitrogen and oxygen atoms in total. The standard InChI is InChI=1S/C63H3/c1-3-5-7-9-11-13-15-17-19-21-23-25-27-29-31-33-35-37-39-41-43-45-47-49-51-53-55-57-59-61-63-62-60-58-56-54-52-50-48-46-44-42-40-38-36-34-32-30-28-26-24-22-20-18-16-14-12-10-8-6-4-2/h1H,2H2/q-1. The fourth-order valence-electron chi connectivity index (χ4n) is 1.86. The zero-order valence-electron chi connectivity index (χ0n) is 31.8. The van der Waals surface area contributed by atoms with Crippen molar-refractivity contribution >= 4 is 0 Å². The molecule has 0 unspecified atom stereocenters. The fourth-order valence-corrected chi connectivity index (χ4v) is 1.86. The van der Waals surface area contributed by atoms with Crippen LogP contribution in [-0.4, -0.2) is 0 Å². The molecule has 0 amide bonds. The summed E-state index contributed by atoms with van der Waals surface area (Å²) in [5.41, 5.74) is 0. The van der Waals surface area contributed by atoms with E-state index < -0.39 is 0 Å². The van der Waals surface area contributed by atoms with E-state index in [1.54, 1.807) is 0 Å². The van der Waals surface area contributed by atoms with E-state index in [1.165, 1.54) is 0 Å². The van der Waals surface area contributed by atoms with Crippen LogP contribution in [0.3, 0.4) is 0 Å². The lowest BCUT2D eigenvalue weighted by atomic mass is 10.4. The molecule has 0 radical (unpaired) electrons. The Bertz CT molecular complexity index is 4040. The van der Waals surface area contributed by atoms with Crippen LogP contribution in [0.5, 0.6) is 0 Å². The molecule has 0 aromatic carbocycles. The van der Waals surface area contributed by atoms with Crippen LogP contribution in [0.25, 0.3) is 0 Å². The van der Waals surface area contributed by atoms with Gasteiger partial charge in [-0.1, -0.05) is 0 Å². The van der Waals surface area contributed by atoms with Gasteiger partial charge >= 0.3 is 0 Å². The minimum Gasteiger partial charge on any atom is -0.284 e. The lowest BCUT2D eigenvalue weighted by molar-refractivity contribution is 2.31. The molecule has 0 atom stereocenters. The van der Waals surface area contributed by atoms with Gasteiger partial charge in [0.15, 0.2) is 0 Å². The highest BCUT2D eigenvalue weighted by Gasteiger charge is 1.63. The zero-order chi connectivity index (χ0) is 45.1. The molecule has 0 bridgehead atoms. The van der Waals surface area contributed by atoms with Crippen molar-refractivity contribution < 1.29 is 0 Å². The number of hydrogen-bond acceptors (Lipinski definition) is 0. The Morgan fingerprint density at radius 1 is 0.127 bits per heavy atom. The number of rotatable bonds is 0. The van der Waals surface area contributed by atoms with E-state index >= 15 is 0 Å². The largest absolute Gasteiger partial charge is 0.284 e. The van der Waals surface area contributed by atoms with Gasteiger partial charge in [0.2, 0.25) is 0 Å². The number of hydrogen-bond donors (Lipinski definition) is 0. The van der Waals surface area contributed by atoms with E-state index in [2.05, 4.69) is 368 Å². The smallest absolute Gasteiger partial charge is 0 e. The molecule has 0 heteroatoms.